The van der Waals surface area contributed by atoms with Crippen molar-refractivity contribution >= 4 is 23.4 Å². The van der Waals surface area contributed by atoms with Gasteiger partial charge in [0.2, 0.25) is 11.9 Å². The Morgan fingerprint density at radius 1 is 1.12 bits per heavy atom. The number of aromatic nitrogens is 5. The van der Waals surface area contributed by atoms with E-state index in [-0.39, 0.29) is 42.8 Å². The number of carbonyl (C=O) groups excluding carboxylic acids is 2. The molecule has 14 heteroatoms. The number of amides is 2. The van der Waals surface area contributed by atoms with Gasteiger partial charge in [0.1, 0.15) is 5.75 Å². The highest BCUT2D eigenvalue weighted by molar-refractivity contribution is 5.97. The van der Waals surface area contributed by atoms with Crippen LogP contribution in [0.1, 0.15) is 42.5 Å². The zero-order chi connectivity index (χ0) is 29.5. The van der Waals surface area contributed by atoms with Gasteiger partial charge in [0, 0.05) is 30.8 Å². The number of likely N-dealkylation sites (tertiary alicyclic amines) is 1. The van der Waals surface area contributed by atoms with E-state index in [1.807, 2.05) is 12.1 Å². The van der Waals surface area contributed by atoms with E-state index in [0.717, 1.165) is 18.9 Å². The molecule has 1 saturated heterocycles. The fourth-order valence-electron chi connectivity index (χ4n) is 5.24. The zero-order valence-electron chi connectivity index (χ0n) is 22.2. The average Bonchev–Trinajstić information content (AvgIpc) is 3.55. The molecule has 0 unspecified atom stereocenters. The van der Waals surface area contributed by atoms with Gasteiger partial charge in [0.15, 0.2) is 5.65 Å². The highest BCUT2D eigenvalue weighted by Gasteiger charge is 2.40. The maximum absolute atomic E-state index is 13.2. The van der Waals surface area contributed by atoms with Crippen LogP contribution >= 0.6 is 0 Å². The topological polar surface area (TPSA) is 130 Å². The summed E-state index contributed by atoms with van der Waals surface area (Å²) >= 11 is 0. The summed E-state index contributed by atoms with van der Waals surface area (Å²) in [6.45, 7) is 0.414. The molecule has 4 aromatic rings. The van der Waals surface area contributed by atoms with Crippen LogP contribution in [0.5, 0.6) is 5.75 Å². The smallest absolute Gasteiger partial charge is 0.405 e. The molecule has 1 aromatic carbocycles. The number of hydrogen-bond donors (Lipinski definition) is 1. The van der Waals surface area contributed by atoms with Crippen LogP contribution in [0.2, 0.25) is 0 Å². The van der Waals surface area contributed by atoms with Crippen molar-refractivity contribution in [2.75, 3.05) is 18.4 Å². The number of ether oxygens (including phenoxy) is 1. The van der Waals surface area contributed by atoms with Crippen LogP contribution in [0.3, 0.4) is 0 Å². The molecule has 0 radical (unpaired) electrons. The Morgan fingerprint density at radius 2 is 1.88 bits per heavy atom. The van der Waals surface area contributed by atoms with E-state index < -0.39 is 23.6 Å². The number of rotatable bonds is 7. The maximum Gasteiger partial charge on any atom is 0.573 e. The van der Waals surface area contributed by atoms with Gasteiger partial charge >= 0.3 is 6.36 Å². The highest BCUT2D eigenvalue weighted by Crippen LogP contribution is 2.36. The maximum atomic E-state index is 13.2. The minimum absolute atomic E-state index is 0.00955. The van der Waals surface area contributed by atoms with E-state index in [1.165, 1.54) is 23.1 Å². The van der Waals surface area contributed by atoms with E-state index in [0.29, 0.717) is 29.7 Å². The van der Waals surface area contributed by atoms with Crippen LogP contribution in [0.15, 0.2) is 54.9 Å². The molecule has 2 aliphatic rings. The van der Waals surface area contributed by atoms with E-state index in [4.69, 9.17) is 0 Å². The number of nitrogens with one attached hydrogen (secondary N) is 1. The van der Waals surface area contributed by atoms with Crippen molar-refractivity contribution in [1.29, 1.82) is 5.26 Å². The lowest BCUT2D eigenvalue weighted by Crippen LogP contribution is -2.48. The number of anilines is 1. The first kappa shape index (κ1) is 27.3. The second-order valence-electron chi connectivity index (χ2n) is 10.4. The predicted molar refractivity (Wildman–Crippen MR) is 142 cm³/mol. The number of para-hydroxylation sites is 1. The largest absolute Gasteiger partial charge is 0.573 e. The van der Waals surface area contributed by atoms with Crippen LogP contribution in [0, 0.1) is 17.2 Å². The molecule has 1 N–H and O–H groups in total. The quantitative estimate of drug-likeness (QED) is 0.344. The summed E-state index contributed by atoms with van der Waals surface area (Å²) in [5.41, 5.74) is 1.02. The molecule has 6 rings (SSSR count). The second-order valence-corrected chi connectivity index (χ2v) is 10.4. The fourth-order valence-corrected chi connectivity index (χ4v) is 5.24. The summed E-state index contributed by atoms with van der Waals surface area (Å²) in [4.78, 5) is 31.2. The first-order chi connectivity index (χ1) is 20.2. The van der Waals surface area contributed by atoms with Gasteiger partial charge in [-0.15, -0.1) is 18.3 Å². The van der Waals surface area contributed by atoms with Gasteiger partial charge < -0.3 is 9.64 Å². The van der Waals surface area contributed by atoms with Gasteiger partial charge in [-0.2, -0.15) is 15.3 Å². The summed E-state index contributed by atoms with van der Waals surface area (Å²) in [5.74, 6) is -1.01. The summed E-state index contributed by atoms with van der Waals surface area (Å²) in [5, 5.41) is 21.5. The van der Waals surface area contributed by atoms with Crippen LogP contribution in [-0.2, 0) is 10.3 Å². The third-order valence-corrected chi connectivity index (χ3v) is 7.64. The summed E-state index contributed by atoms with van der Waals surface area (Å²) < 4.78 is 46.0. The number of fused-ring (bicyclic) bond motifs is 1. The number of benzene rings is 1. The average molecular weight is 579 g/mol. The summed E-state index contributed by atoms with van der Waals surface area (Å²) in [7, 11) is 0. The number of pyridine rings is 1. The number of nitrogens with zero attached hydrogens (tertiary/aromatic N) is 7. The van der Waals surface area contributed by atoms with E-state index >= 15 is 0 Å². The van der Waals surface area contributed by atoms with Crippen molar-refractivity contribution < 1.29 is 27.5 Å². The predicted octanol–water partition coefficient (Wildman–Crippen LogP) is 4.39. The van der Waals surface area contributed by atoms with Crippen LogP contribution in [0.25, 0.3) is 16.9 Å². The third kappa shape index (κ3) is 5.37. The monoisotopic (exact) mass is 578 g/mol. The molecule has 2 amide bonds. The molecule has 1 aliphatic heterocycles. The van der Waals surface area contributed by atoms with Gasteiger partial charge in [-0.3, -0.25) is 19.6 Å². The highest BCUT2D eigenvalue weighted by atomic mass is 19.4. The Morgan fingerprint density at radius 3 is 2.60 bits per heavy atom. The Balaban J connectivity index is 1.22. The molecule has 0 atom stereocenters. The molecule has 1 saturated carbocycles. The van der Waals surface area contributed by atoms with Gasteiger partial charge in [-0.05, 0) is 49.9 Å². The molecule has 216 valence electrons. The van der Waals surface area contributed by atoms with Crippen LogP contribution in [0.4, 0.5) is 19.1 Å². The lowest BCUT2D eigenvalue weighted by atomic mass is 9.84. The molecular formula is C28H25F3N8O3. The van der Waals surface area contributed by atoms with Crippen molar-refractivity contribution in [3.63, 3.8) is 0 Å². The first-order valence-corrected chi connectivity index (χ1v) is 13.4. The molecule has 4 heterocycles. The van der Waals surface area contributed by atoms with Crippen molar-refractivity contribution in [2.24, 2.45) is 5.92 Å². The number of alkyl halides is 3. The Bertz CT molecular complexity index is 1690. The van der Waals surface area contributed by atoms with Crippen LogP contribution in [-0.4, -0.2) is 60.5 Å². The molecule has 2 fully saturated rings. The summed E-state index contributed by atoms with van der Waals surface area (Å²) in [6.07, 6.45) is 1.09. The van der Waals surface area contributed by atoms with Crippen molar-refractivity contribution in [1.82, 2.24) is 29.3 Å². The van der Waals surface area contributed by atoms with Crippen LogP contribution < -0.4 is 10.1 Å². The number of piperidine rings is 1. The molecule has 11 nitrogen and oxygen atoms in total. The Labute approximate surface area is 237 Å². The summed E-state index contributed by atoms with van der Waals surface area (Å²) in [6, 6.07) is 12.9. The van der Waals surface area contributed by atoms with E-state index in [9.17, 15) is 28.0 Å². The first-order valence-electron chi connectivity index (χ1n) is 13.4. The number of hydrogen-bond acceptors (Lipinski definition) is 7. The van der Waals surface area contributed by atoms with Crippen molar-refractivity contribution in [2.45, 2.75) is 44.0 Å². The molecule has 0 bridgehead atoms. The molecule has 0 spiro atoms. The van der Waals surface area contributed by atoms with Crippen molar-refractivity contribution in [3.05, 3.63) is 60.4 Å². The molecule has 1 aliphatic carbocycles. The number of halogens is 3. The SMILES string of the molecule is N#CCC1(n2cc(-c3cccc4nc(NC(=O)C5CC5)nn34)cn2)CCN(C(=O)c2ccccc2OC(F)(F)F)CC1. The van der Waals surface area contributed by atoms with Gasteiger partial charge in [0.25, 0.3) is 5.91 Å². The second kappa shape index (κ2) is 10.5. The lowest BCUT2D eigenvalue weighted by Gasteiger charge is -2.40. The van der Waals surface area contributed by atoms with Gasteiger partial charge in [-0.25, -0.2) is 4.52 Å². The molecule has 42 heavy (non-hydrogen) atoms. The van der Waals surface area contributed by atoms with E-state index in [2.05, 4.69) is 31.3 Å². The molecular weight excluding hydrogens is 553 g/mol. The van der Waals surface area contributed by atoms with E-state index in [1.54, 1.807) is 27.7 Å². The Hall–Kier alpha value is -4.93. The normalized spacial score (nSPS) is 16.7. The Kier molecular flexibility index (Phi) is 6.80. The van der Waals surface area contributed by atoms with Gasteiger partial charge in [0.05, 0.1) is 35.5 Å². The standard InChI is InChI=1S/C28H25F3N8O3/c29-28(30,31)42-22-6-2-1-4-20(22)25(41)37-14-11-27(10-13-32,12-15-37)38-17-19(16-33-38)21-5-3-7-23-34-26(36-39(21)23)35-24(40)18-8-9-18/h1-7,16-18H,8-12,14-15H2,(H,35,36,40). The zero-order valence-corrected chi connectivity index (χ0v) is 22.2. The minimum Gasteiger partial charge on any atom is -0.405 e. The lowest BCUT2D eigenvalue weighted by molar-refractivity contribution is -0.274. The fraction of sp³-hybridized carbons (Fsp3) is 0.357. The van der Waals surface area contributed by atoms with Gasteiger partial charge in [-0.1, -0.05) is 18.2 Å². The van der Waals surface area contributed by atoms with Crippen molar-refractivity contribution in [3.8, 4) is 23.1 Å². The third-order valence-electron chi connectivity index (χ3n) is 7.64. The molecule has 3 aromatic heterocycles. The number of nitriles is 1. The minimum atomic E-state index is -4.93. The number of carbonyl (C=O) groups is 2.